The van der Waals surface area contributed by atoms with Gasteiger partial charge in [0.25, 0.3) is 5.56 Å². The lowest BCUT2D eigenvalue weighted by Gasteiger charge is -2.40. The van der Waals surface area contributed by atoms with E-state index in [1.807, 2.05) is 18.2 Å². The Morgan fingerprint density at radius 2 is 1.77 bits per heavy atom. The van der Waals surface area contributed by atoms with Crippen molar-refractivity contribution in [2.75, 3.05) is 31.1 Å². The first-order valence-electron chi connectivity index (χ1n) is 11.6. The summed E-state index contributed by atoms with van der Waals surface area (Å²) in [5, 5.41) is 11.0. The Hall–Kier alpha value is -3.91. The van der Waals surface area contributed by atoms with Crippen molar-refractivity contribution >= 4 is 5.69 Å². The number of rotatable bonds is 6. The summed E-state index contributed by atoms with van der Waals surface area (Å²) < 4.78 is 20.5. The number of piperazine rings is 1. The zero-order valence-corrected chi connectivity index (χ0v) is 19.5. The molecule has 1 atom stereocenters. The summed E-state index contributed by atoms with van der Waals surface area (Å²) in [5.74, 6) is 0.386. The largest absolute Gasteiger partial charge is 0.507 e. The zero-order chi connectivity index (χ0) is 24.4. The van der Waals surface area contributed by atoms with Crippen LogP contribution >= 0.6 is 0 Å². The highest BCUT2D eigenvalue weighted by molar-refractivity contribution is 5.47. The van der Waals surface area contributed by atoms with Gasteiger partial charge in [-0.2, -0.15) is 0 Å². The van der Waals surface area contributed by atoms with Gasteiger partial charge in [-0.25, -0.2) is 4.39 Å². The van der Waals surface area contributed by atoms with Crippen LogP contribution in [0.2, 0.25) is 0 Å². The molecule has 0 amide bonds. The number of aromatic hydroxyl groups is 1. The third kappa shape index (κ3) is 4.70. The minimum Gasteiger partial charge on any atom is -0.507 e. The van der Waals surface area contributed by atoms with Crippen molar-refractivity contribution in [2.45, 2.75) is 19.5 Å². The molecule has 0 bridgehead atoms. The van der Waals surface area contributed by atoms with Crippen molar-refractivity contribution in [3.63, 3.8) is 0 Å². The van der Waals surface area contributed by atoms with Crippen LogP contribution in [0.1, 0.15) is 28.6 Å². The quantitative estimate of drug-likeness (QED) is 0.456. The van der Waals surface area contributed by atoms with Gasteiger partial charge in [-0.3, -0.25) is 14.7 Å². The van der Waals surface area contributed by atoms with Crippen molar-refractivity contribution in [2.24, 2.45) is 0 Å². The molecule has 1 aliphatic heterocycles. The molecule has 1 N–H and O–H groups in total. The molecule has 1 saturated heterocycles. The van der Waals surface area contributed by atoms with Crippen molar-refractivity contribution in [1.29, 1.82) is 0 Å². The van der Waals surface area contributed by atoms with Crippen molar-refractivity contribution in [3.05, 3.63) is 112 Å². The SMILES string of the molecule is Cc1cc(O)c(C(c2ccncc2)N2CCN(c3ccc(F)cc3)CC2)c(=O)n1Cc1ccco1. The van der Waals surface area contributed by atoms with Gasteiger partial charge in [0.15, 0.2) is 0 Å². The summed E-state index contributed by atoms with van der Waals surface area (Å²) in [6.07, 6.45) is 4.98. The zero-order valence-electron chi connectivity index (χ0n) is 19.5. The van der Waals surface area contributed by atoms with E-state index in [9.17, 15) is 14.3 Å². The van der Waals surface area contributed by atoms with E-state index in [0.717, 1.165) is 11.3 Å². The van der Waals surface area contributed by atoms with E-state index >= 15 is 0 Å². The number of hydrogen-bond acceptors (Lipinski definition) is 6. The van der Waals surface area contributed by atoms with Crippen LogP contribution < -0.4 is 10.5 Å². The number of hydrogen-bond donors (Lipinski definition) is 1. The summed E-state index contributed by atoms with van der Waals surface area (Å²) in [4.78, 5) is 22.3. The second-order valence-electron chi connectivity index (χ2n) is 8.74. The Morgan fingerprint density at radius 1 is 1.06 bits per heavy atom. The first-order chi connectivity index (χ1) is 17.0. The molecule has 0 aliphatic carbocycles. The number of furan rings is 1. The van der Waals surface area contributed by atoms with Crippen molar-refractivity contribution in [3.8, 4) is 5.75 Å². The van der Waals surface area contributed by atoms with E-state index in [1.165, 1.54) is 12.1 Å². The van der Waals surface area contributed by atoms with Crippen LogP contribution in [0.25, 0.3) is 0 Å². The highest BCUT2D eigenvalue weighted by atomic mass is 19.1. The molecule has 0 spiro atoms. The predicted octanol–water partition coefficient (Wildman–Crippen LogP) is 3.95. The van der Waals surface area contributed by atoms with E-state index in [0.29, 0.717) is 43.2 Å². The minimum atomic E-state index is -0.440. The number of halogens is 1. The predicted molar refractivity (Wildman–Crippen MR) is 131 cm³/mol. The Balaban J connectivity index is 1.50. The Morgan fingerprint density at radius 3 is 2.43 bits per heavy atom. The molecule has 3 aromatic heterocycles. The smallest absolute Gasteiger partial charge is 0.260 e. The van der Waals surface area contributed by atoms with Gasteiger partial charge in [-0.15, -0.1) is 0 Å². The van der Waals surface area contributed by atoms with Crippen LogP contribution in [0.15, 0.2) is 82.5 Å². The normalized spacial score (nSPS) is 15.3. The maximum atomic E-state index is 13.8. The van der Waals surface area contributed by atoms with Crippen LogP contribution in [0, 0.1) is 12.7 Å². The maximum absolute atomic E-state index is 13.8. The fraction of sp³-hybridized carbons (Fsp3) is 0.259. The number of benzene rings is 1. The van der Waals surface area contributed by atoms with Gasteiger partial charge in [-0.05, 0) is 67.1 Å². The molecule has 5 rings (SSSR count). The molecular formula is C27H27FN4O3. The number of anilines is 1. The summed E-state index contributed by atoms with van der Waals surface area (Å²) in [6, 6.07) is 15.1. The van der Waals surface area contributed by atoms with Gasteiger partial charge in [0, 0.05) is 50.0 Å². The second-order valence-corrected chi connectivity index (χ2v) is 8.74. The fourth-order valence-electron chi connectivity index (χ4n) is 4.78. The Bertz CT molecular complexity index is 1330. The molecule has 4 heterocycles. The van der Waals surface area contributed by atoms with Crippen LogP contribution in [0.3, 0.4) is 0 Å². The van der Waals surface area contributed by atoms with Crippen LogP contribution in [0.5, 0.6) is 5.75 Å². The summed E-state index contributed by atoms with van der Waals surface area (Å²) >= 11 is 0. The number of pyridine rings is 2. The van der Waals surface area contributed by atoms with Crippen LogP contribution in [-0.2, 0) is 6.54 Å². The molecule has 35 heavy (non-hydrogen) atoms. The fourth-order valence-corrected chi connectivity index (χ4v) is 4.78. The van der Waals surface area contributed by atoms with Crippen LogP contribution in [0.4, 0.5) is 10.1 Å². The van der Waals surface area contributed by atoms with Gasteiger partial charge in [-0.1, -0.05) is 0 Å². The van der Waals surface area contributed by atoms with Gasteiger partial charge in [0.1, 0.15) is 17.3 Å². The molecule has 7 nitrogen and oxygen atoms in total. The van der Waals surface area contributed by atoms with E-state index in [2.05, 4.69) is 14.8 Å². The Labute approximate surface area is 202 Å². The molecule has 0 saturated carbocycles. The van der Waals surface area contributed by atoms with Gasteiger partial charge < -0.3 is 19.0 Å². The molecule has 1 fully saturated rings. The highest BCUT2D eigenvalue weighted by Crippen LogP contribution is 2.33. The maximum Gasteiger partial charge on any atom is 0.260 e. The van der Waals surface area contributed by atoms with E-state index < -0.39 is 6.04 Å². The molecular weight excluding hydrogens is 447 g/mol. The monoisotopic (exact) mass is 474 g/mol. The number of nitrogens with zero attached hydrogens (tertiary/aromatic N) is 4. The van der Waals surface area contributed by atoms with Crippen LogP contribution in [-0.4, -0.2) is 45.7 Å². The lowest BCUT2D eigenvalue weighted by molar-refractivity contribution is 0.207. The lowest BCUT2D eigenvalue weighted by Crippen LogP contribution is -2.49. The minimum absolute atomic E-state index is 0.0222. The van der Waals surface area contributed by atoms with Gasteiger partial charge in [0.05, 0.1) is 24.4 Å². The Kier molecular flexibility index (Phi) is 6.37. The third-order valence-electron chi connectivity index (χ3n) is 6.58. The second kappa shape index (κ2) is 9.76. The standard InChI is InChI=1S/C27H27FN4O3/c1-19-17-24(33)25(27(34)32(19)18-23-3-2-16-35-23)26(20-8-10-29-11-9-20)31-14-12-30(13-15-31)22-6-4-21(28)5-7-22/h2-11,16-17,26,33H,12-15,18H2,1H3. The molecule has 8 heteroatoms. The van der Waals surface area contributed by atoms with Gasteiger partial charge in [0.2, 0.25) is 0 Å². The number of aromatic nitrogens is 2. The average Bonchev–Trinajstić information content (AvgIpc) is 3.39. The molecule has 180 valence electrons. The molecule has 0 radical (unpaired) electrons. The first kappa shape index (κ1) is 22.9. The first-order valence-corrected chi connectivity index (χ1v) is 11.6. The molecule has 1 unspecified atom stereocenters. The topological polar surface area (TPSA) is 74.7 Å². The summed E-state index contributed by atoms with van der Waals surface area (Å²) in [6.45, 7) is 4.83. The summed E-state index contributed by atoms with van der Waals surface area (Å²) in [5.41, 5.74) is 2.59. The average molecular weight is 475 g/mol. The molecule has 1 aromatic carbocycles. The molecule has 4 aromatic rings. The highest BCUT2D eigenvalue weighted by Gasteiger charge is 2.31. The molecule has 1 aliphatic rings. The van der Waals surface area contributed by atoms with Crippen molar-refractivity contribution < 1.29 is 13.9 Å². The summed E-state index contributed by atoms with van der Waals surface area (Å²) in [7, 11) is 0. The third-order valence-corrected chi connectivity index (χ3v) is 6.58. The van der Waals surface area contributed by atoms with Crippen molar-refractivity contribution in [1.82, 2.24) is 14.5 Å². The van der Waals surface area contributed by atoms with E-state index in [1.54, 1.807) is 54.4 Å². The number of aryl methyl sites for hydroxylation is 1. The lowest BCUT2D eigenvalue weighted by atomic mass is 9.96. The van der Waals surface area contributed by atoms with Gasteiger partial charge >= 0.3 is 0 Å². The van der Waals surface area contributed by atoms with E-state index in [4.69, 9.17) is 4.42 Å². The van der Waals surface area contributed by atoms with E-state index in [-0.39, 0.29) is 23.7 Å².